The number of alkyl halides is 2. The van der Waals surface area contributed by atoms with Gasteiger partial charge in [-0.3, -0.25) is 4.79 Å². The van der Waals surface area contributed by atoms with Crippen LogP contribution in [0.25, 0.3) is 16.6 Å². The zero-order valence-electron chi connectivity index (χ0n) is 14.5. The minimum atomic E-state index is -2.56. The minimum absolute atomic E-state index is 0.146. The molecule has 0 unspecified atom stereocenters. The van der Waals surface area contributed by atoms with Gasteiger partial charge in [0.05, 0.1) is 11.0 Å². The van der Waals surface area contributed by atoms with Crippen LogP contribution in [0.3, 0.4) is 0 Å². The van der Waals surface area contributed by atoms with Crippen molar-refractivity contribution in [1.29, 1.82) is 0 Å². The summed E-state index contributed by atoms with van der Waals surface area (Å²) in [5.74, 6) is -2.15. The molecule has 1 saturated carbocycles. The Bertz CT molecular complexity index is 855. The van der Waals surface area contributed by atoms with Gasteiger partial charge in [0.25, 0.3) is 0 Å². The second kappa shape index (κ2) is 6.43. The summed E-state index contributed by atoms with van der Waals surface area (Å²) >= 11 is 0. The largest absolute Gasteiger partial charge is 0.342 e. The number of H-pyrrole nitrogens is 1. The molecular weight excluding hydrogens is 324 g/mol. The van der Waals surface area contributed by atoms with E-state index in [1.165, 1.54) is 4.90 Å². The van der Waals surface area contributed by atoms with Gasteiger partial charge >= 0.3 is 0 Å². The first-order chi connectivity index (χ1) is 11.8. The molecule has 1 heterocycles. The lowest BCUT2D eigenvalue weighted by atomic mass is 9.81. The average Bonchev–Trinajstić information content (AvgIpc) is 2.93. The molecule has 1 aliphatic carbocycles. The highest BCUT2D eigenvalue weighted by molar-refractivity contribution is 5.84. The Hall–Kier alpha value is -2.50. The van der Waals surface area contributed by atoms with Crippen LogP contribution in [0.4, 0.5) is 8.78 Å². The topological polar surface area (TPSA) is 49.0 Å². The van der Waals surface area contributed by atoms with Crippen molar-refractivity contribution in [2.45, 2.75) is 38.5 Å². The number of halogens is 2. The Kier molecular flexibility index (Phi) is 4.45. The number of allylic oxidation sites excluding steroid dienone is 3. The van der Waals surface area contributed by atoms with Gasteiger partial charge in [-0.1, -0.05) is 17.7 Å². The van der Waals surface area contributed by atoms with Crippen LogP contribution >= 0.6 is 0 Å². The molecule has 1 amide bonds. The lowest BCUT2D eigenvalue weighted by molar-refractivity contribution is -0.114. The van der Waals surface area contributed by atoms with Crippen molar-refractivity contribution in [3.8, 4) is 0 Å². The van der Waals surface area contributed by atoms with E-state index in [2.05, 4.69) is 9.97 Å². The number of rotatable bonds is 5. The fourth-order valence-electron chi connectivity index (χ4n) is 3.01. The SMILES string of the molecule is CC(C)=C/C(=C\N(C)C=O)c1ccc2nc(C3CC(F)(F)C3)[nH]c2c1. The predicted octanol–water partition coefficient (Wildman–Crippen LogP) is 4.47. The van der Waals surface area contributed by atoms with Crippen molar-refractivity contribution < 1.29 is 13.6 Å². The zero-order valence-corrected chi connectivity index (χ0v) is 14.5. The molecule has 3 rings (SSSR count). The zero-order chi connectivity index (χ0) is 18.2. The van der Waals surface area contributed by atoms with E-state index in [0.717, 1.165) is 34.2 Å². The van der Waals surface area contributed by atoms with Crippen LogP contribution < -0.4 is 0 Å². The van der Waals surface area contributed by atoms with Crippen molar-refractivity contribution >= 4 is 23.0 Å². The van der Waals surface area contributed by atoms with Crippen LogP contribution in [-0.4, -0.2) is 34.2 Å². The van der Waals surface area contributed by atoms with Gasteiger partial charge in [-0.15, -0.1) is 0 Å². The highest BCUT2D eigenvalue weighted by Gasteiger charge is 2.47. The third-order valence-corrected chi connectivity index (χ3v) is 4.26. The molecule has 1 aliphatic rings. The number of hydrogen-bond donors (Lipinski definition) is 1. The Balaban J connectivity index is 1.95. The van der Waals surface area contributed by atoms with Gasteiger partial charge < -0.3 is 9.88 Å². The monoisotopic (exact) mass is 345 g/mol. The Morgan fingerprint density at radius 1 is 1.36 bits per heavy atom. The van der Waals surface area contributed by atoms with Crippen molar-refractivity contribution in [3.05, 3.63) is 47.4 Å². The molecule has 1 fully saturated rings. The third kappa shape index (κ3) is 3.78. The number of fused-ring (bicyclic) bond motifs is 1. The van der Waals surface area contributed by atoms with E-state index in [1.807, 2.05) is 38.1 Å². The molecule has 25 heavy (non-hydrogen) atoms. The molecule has 0 saturated heterocycles. The van der Waals surface area contributed by atoms with Crippen LogP contribution in [0.2, 0.25) is 0 Å². The number of hydrogen-bond acceptors (Lipinski definition) is 2. The average molecular weight is 345 g/mol. The van der Waals surface area contributed by atoms with E-state index in [0.29, 0.717) is 5.82 Å². The Morgan fingerprint density at radius 3 is 2.68 bits per heavy atom. The molecule has 1 aromatic carbocycles. The molecule has 0 spiro atoms. The molecule has 1 aromatic heterocycles. The van der Waals surface area contributed by atoms with Crippen LogP contribution in [0.15, 0.2) is 36.0 Å². The number of amides is 1. The third-order valence-electron chi connectivity index (χ3n) is 4.26. The van der Waals surface area contributed by atoms with Gasteiger partial charge in [0.1, 0.15) is 5.82 Å². The van der Waals surface area contributed by atoms with E-state index in [-0.39, 0.29) is 18.8 Å². The van der Waals surface area contributed by atoms with Gasteiger partial charge in [0.15, 0.2) is 0 Å². The van der Waals surface area contributed by atoms with E-state index < -0.39 is 5.92 Å². The van der Waals surface area contributed by atoms with Gasteiger partial charge in [0.2, 0.25) is 12.3 Å². The van der Waals surface area contributed by atoms with Crippen molar-refractivity contribution in [3.63, 3.8) is 0 Å². The summed E-state index contributed by atoms with van der Waals surface area (Å²) in [6.45, 7) is 3.97. The summed E-state index contributed by atoms with van der Waals surface area (Å²) in [5.41, 5.74) is 4.49. The number of imidazole rings is 1. The molecule has 0 atom stereocenters. The molecule has 0 bridgehead atoms. The second-order valence-corrected chi connectivity index (χ2v) is 6.89. The maximum atomic E-state index is 13.1. The molecule has 132 valence electrons. The first-order valence-corrected chi connectivity index (χ1v) is 8.19. The van der Waals surface area contributed by atoms with Crippen LogP contribution in [0.5, 0.6) is 0 Å². The highest BCUT2D eigenvalue weighted by Crippen LogP contribution is 2.47. The second-order valence-electron chi connectivity index (χ2n) is 6.89. The number of nitrogens with one attached hydrogen (secondary N) is 1. The lowest BCUT2D eigenvalue weighted by Gasteiger charge is -2.33. The summed E-state index contributed by atoms with van der Waals surface area (Å²) in [7, 11) is 1.68. The molecule has 2 aromatic rings. The summed E-state index contributed by atoms with van der Waals surface area (Å²) < 4.78 is 26.2. The number of benzene rings is 1. The first-order valence-electron chi connectivity index (χ1n) is 8.19. The number of carbonyl (C=O) groups is 1. The number of aromatic nitrogens is 2. The smallest absolute Gasteiger partial charge is 0.249 e. The highest BCUT2D eigenvalue weighted by atomic mass is 19.3. The summed E-state index contributed by atoms with van der Waals surface area (Å²) in [6, 6.07) is 5.73. The molecular formula is C19H21F2N3O. The first kappa shape index (κ1) is 17.3. The quantitative estimate of drug-likeness (QED) is 0.642. The number of aromatic amines is 1. The lowest BCUT2D eigenvalue weighted by Crippen LogP contribution is -2.34. The molecule has 4 nitrogen and oxygen atoms in total. The predicted molar refractivity (Wildman–Crippen MR) is 94.3 cm³/mol. The van der Waals surface area contributed by atoms with Crippen LogP contribution in [0.1, 0.15) is 44.0 Å². The fraction of sp³-hybridized carbons (Fsp3) is 0.368. The Morgan fingerprint density at radius 2 is 2.08 bits per heavy atom. The maximum Gasteiger partial charge on any atom is 0.249 e. The van der Waals surface area contributed by atoms with Gasteiger partial charge in [-0.2, -0.15) is 0 Å². The van der Waals surface area contributed by atoms with Crippen molar-refractivity contribution in [2.75, 3.05) is 7.05 Å². The molecule has 0 radical (unpaired) electrons. The summed E-state index contributed by atoms with van der Waals surface area (Å²) in [5, 5.41) is 0. The summed E-state index contributed by atoms with van der Waals surface area (Å²) in [4.78, 5) is 20.0. The molecule has 1 N–H and O–H groups in total. The van der Waals surface area contributed by atoms with E-state index in [4.69, 9.17) is 0 Å². The van der Waals surface area contributed by atoms with Crippen molar-refractivity contribution in [1.82, 2.24) is 14.9 Å². The van der Waals surface area contributed by atoms with Gasteiger partial charge in [-0.25, -0.2) is 13.8 Å². The van der Waals surface area contributed by atoms with Gasteiger partial charge in [-0.05, 0) is 37.1 Å². The summed E-state index contributed by atoms with van der Waals surface area (Å²) in [6.07, 6.45) is 4.19. The Labute approximate surface area is 145 Å². The number of nitrogens with zero attached hydrogens (tertiary/aromatic N) is 2. The van der Waals surface area contributed by atoms with E-state index in [9.17, 15) is 13.6 Å². The molecule has 6 heteroatoms. The molecule has 0 aliphatic heterocycles. The van der Waals surface area contributed by atoms with Crippen molar-refractivity contribution in [2.24, 2.45) is 0 Å². The fourth-order valence-corrected chi connectivity index (χ4v) is 3.01. The van der Waals surface area contributed by atoms with Crippen LogP contribution in [0, 0.1) is 0 Å². The van der Waals surface area contributed by atoms with E-state index in [1.54, 1.807) is 13.2 Å². The number of carbonyl (C=O) groups excluding carboxylic acids is 1. The van der Waals surface area contributed by atoms with Gasteiger partial charge in [0, 0.05) is 32.0 Å². The normalized spacial score (nSPS) is 17.2. The van der Waals surface area contributed by atoms with Crippen LogP contribution in [-0.2, 0) is 4.79 Å². The standard InChI is InChI=1S/C19H21F2N3O/c1-12(2)6-14(10-24(3)11-25)13-4-5-16-17(7-13)23-18(22-16)15-8-19(20,21)9-15/h4-7,10-11,15H,8-9H2,1-3H3,(H,22,23)/b14-10+. The minimum Gasteiger partial charge on any atom is -0.342 e. The van der Waals surface area contributed by atoms with E-state index >= 15 is 0 Å². The maximum absolute atomic E-state index is 13.1.